The summed E-state index contributed by atoms with van der Waals surface area (Å²) in [5.41, 5.74) is 1.35. The zero-order valence-electron chi connectivity index (χ0n) is 16.7. The van der Waals surface area contributed by atoms with Gasteiger partial charge in [-0.2, -0.15) is 0 Å². The van der Waals surface area contributed by atoms with Crippen LogP contribution in [0.15, 0.2) is 78.5 Å². The van der Waals surface area contributed by atoms with E-state index in [2.05, 4.69) is 4.98 Å². The van der Waals surface area contributed by atoms with Crippen molar-refractivity contribution in [3.8, 4) is 5.75 Å². The third-order valence-corrected chi connectivity index (χ3v) is 5.13. The van der Waals surface area contributed by atoms with E-state index >= 15 is 0 Å². The van der Waals surface area contributed by atoms with Gasteiger partial charge in [-0.05, 0) is 42.0 Å². The molecule has 1 aliphatic rings. The zero-order chi connectivity index (χ0) is 22.0. The highest BCUT2D eigenvalue weighted by molar-refractivity contribution is 6.46. The van der Waals surface area contributed by atoms with E-state index in [1.165, 1.54) is 36.3 Å². The van der Waals surface area contributed by atoms with Crippen LogP contribution in [0.4, 0.5) is 4.39 Å². The van der Waals surface area contributed by atoms with E-state index in [1.54, 1.807) is 48.7 Å². The average molecular weight is 418 g/mol. The monoisotopic (exact) mass is 418 g/mol. The second-order valence-electron chi connectivity index (χ2n) is 7.03. The smallest absolute Gasteiger partial charge is 0.296 e. The van der Waals surface area contributed by atoms with E-state index in [9.17, 15) is 19.1 Å². The Labute approximate surface area is 178 Å². The molecule has 0 aliphatic carbocycles. The van der Waals surface area contributed by atoms with Crippen molar-refractivity contribution < 1.29 is 23.8 Å². The highest BCUT2D eigenvalue weighted by Gasteiger charge is 2.46. The summed E-state index contributed by atoms with van der Waals surface area (Å²) in [6.07, 6.45) is 1.59. The fourth-order valence-corrected chi connectivity index (χ4v) is 3.63. The molecule has 1 atom stereocenters. The molecule has 1 unspecified atom stereocenters. The molecule has 156 valence electrons. The molecule has 31 heavy (non-hydrogen) atoms. The maximum Gasteiger partial charge on any atom is 0.296 e. The first kappa shape index (κ1) is 20.3. The van der Waals surface area contributed by atoms with Gasteiger partial charge in [-0.25, -0.2) is 4.39 Å². The van der Waals surface area contributed by atoms with Crippen LogP contribution in [0.1, 0.15) is 22.9 Å². The number of amides is 1. The number of aliphatic hydroxyl groups is 1. The lowest BCUT2D eigenvalue weighted by atomic mass is 9.95. The summed E-state index contributed by atoms with van der Waals surface area (Å²) < 4.78 is 18.7. The number of methoxy groups -OCH3 is 1. The second-order valence-corrected chi connectivity index (χ2v) is 7.03. The van der Waals surface area contributed by atoms with E-state index in [1.807, 2.05) is 0 Å². The molecule has 6 nitrogen and oxygen atoms in total. The van der Waals surface area contributed by atoms with Crippen LogP contribution in [0, 0.1) is 5.82 Å². The number of ether oxygens (including phenoxy) is 1. The number of carbonyl (C=O) groups is 2. The molecule has 3 aromatic rings. The third-order valence-electron chi connectivity index (χ3n) is 5.13. The lowest BCUT2D eigenvalue weighted by molar-refractivity contribution is -0.140. The normalized spacial score (nSPS) is 17.7. The third kappa shape index (κ3) is 3.90. The Kier molecular flexibility index (Phi) is 5.49. The summed E-state index contributed by atoms with van der Waals surface area (Å²) >= 11 is 0. The van der Waals surface area contributed by atoms with Gasteiger partial charge in [0.05, 0.1) is 31.0 Å². The molecule has 1 fully saturated rings. The number of Topliss-reactive ketones (excluding diaryl/α,β-unsaturated/α-hetero) is 1. The quantitative estimate of drug-likeness (QED) is 0.387. The molecule has 1 N–H and O–H groups in total. The molecule has 0 radical (unpaired) electrons. The Bertz CT molecular complexity index is 1160. The van der Waals surface area contributed by atoms with E-state index in [0.717, 1.165) is 0 Å². The summed E-state index contributed by atoms with van der Waals surface area (Å²) in [6, 6.07) is 16.4. The fraction of sp³-hybridized carbons (Fsp3) is 0.125. The number of hydrogen-bond acceptors (Lipinski definition) is 5. The number of hydrogen-bond donors (Lipinski definition) is 1. The van der Waals surface area contributed by atoms with Crippen LogP contribution < -0.4 is 4.74 Å². The van der Waals surface area contributed by atoms with Crippen LogP contribution in [-0.2, 0) is 16.1 Å². The Morgan fingerprint density at radius 3 is 2.55 bits per heavy atom. The molecule has 1 saturated heterocycles. The van der Waals surface area contributed by atoms with Gasteiger partial charge in [-0.1, -0.05) is 30.3 Å². The Balaban J connectivity index is 1.86. The molecule has 2 heterocycles. The van der Waals surface area contributed by atoms with Crippen molar-refractivity contribution in [2.45, 2.75) is 12.6 Å². The van der Waals surface area contributed by atoms with Gasteiger partial charge in [-0.15, -0.1) is 0 Å². The molecule has 1 aliphatic heterocycles. The fourth-order valence-electron chi connectivity index (χ4n) is 3.63. The molecule has 1 amide bonds. The van der Waals surface area contributed by atoms with Gasteiger partial charge in [0.25, 0.3) is 11.7 Å². The molecule has 1 aromatic heterocycles. The number of halogens is 1. The number of aromatic nitrogens is 1. The number of rotatable bonds is 5. The summed E-state index contributed by atoms with van der Waals surface area (Å²) in [4.78, 5) is 31.5. The van der Waals surface area contributed by atoms with E-state index in [4.69, 9.17) is 4.74 Å². The van der Waals surface area contributed by atoms with Gasteiger partial charge < -0.3 is 14.7 Å². The Hall–Kier alpha value is -4.00. The van der Waals surface area contributed by atoms with Crippen molar-refractivity contribution in [1.29, 1.82) is 0 Å². The van der Waals surface area contributed by atoms with Crippen molar-refractivity contribution in [3.63, 3.8) is 0 Å². The lowest BCUT2D eigenvalue weighted by Crippen LogP contribution is -2.29. The summed E-state index contributed by atoms with van der Waals surface area (Å²) in [5.74, 6) is -1.85. The van der Waals surface area contributed by atoms with Gasteiger partial charge in [0.2, 0.25) is 0 Å². The van der Waals surface area contributed by atoms with Crippen molar-refractivity contribution in [2.24, 2.45) is 0 Å². The first-order valence-electron chi connectivity index (χ1n) is 9.58. The molecule has 0 bridgehead atoms. The standard InChI is InChI=1S/C24H19FN2O4/c1-31-19-7-4-5-16(13-19)22(28)20-21(15-8-10-17(25)11-9-15)27(24(30)23(20)29)14-18-6-2-3-12-26-18/h2-13,21,28H,14H2,1H3/b22-20-. The van der Waals surface area contributed by atoms with E-state index in [0.29, 0.717) is 22.6 Å². The minimum Gasteiger partial charge on any atom is -0.507 e. The molecule has 7 heteroatoms. The van der Waals surface area contributed by atoms with Crippen LogP contribution in [0.3, 0.4) is 0 Å². The lowest BCUT2D eigenvalue weighted by Gasteiger charge is -2.25. The first-order chi connectivity index (χ1) is 15.0. The Morgan fingerprint density at radius 2 is 1.87 bits per heavy atom. The van der Waals surface area contributed by atoms with Crippen LogP contribution in [0.5, 0.6) is 5.75 Å². The van der Waals surface area contributed by atoms with Crippen molar-refractivity contribution in [3.05, 3.63) is 101 Å². The largest absolute Gasteiger partial charge is 0.507 e. The molecular weight excluding hydrogens is 399 g/mol. The maximum atomic E-state index is 13.5. The molecule has 2 aromatic carbocycles. The van der Waals surface area contributed by atoms with Crippen molar-refractivity contribution in [2.75, 3.05) is 7.11 Å². The molecular formula is C24H19FN2O4. The average Bonchev–Trinajstić information content (AvgIpc) is 3.05. The van der Waals surface area contributed by atoms with Gasteiger partial charge in [0.15, 0.2) is 0 Å². The zero-order valence-corrected chi connectivity index (χ0v) is 16.7. The minimum absolute atomic E-state index is 0.0579. The first-order valence-corrected chi connectivity index (χ1v) is 9.58. The van der Waals surface area contributed by atoms with Gasteiger partial charge in [0.1, 0.15) is 17.3 Å². The summed E-state index contributed by atoms with van der Waals surface area (Å²) in [5, 5.41) is 11.0. The van der Waals surface area contributed by atoms with Crippen LogP contribution in [-0.4, -0.2) is 33.8 Å². The summed E-state index contributed by atoms with van der Waals surface area (Å²) in [6.45, 7) is 0.0579. The highest BCUT2D eigenvalue weighted by atomic mass is 19.1. The topological polar surface area (TPSA) is 79.7 Å². The van der Waals surface area contributed by atoms with E-state index in [-0.39, 0.29) is 17.9 Å². The molecule has 0 spiro atoms. The Morgan fingerprint density at radius 1 is 1.10 bits per heavy atom. The number of ketones is 1. The summed E-state index contributed by atoms with van der Waals surface area (Å²) in [7, 11) is 1.49. The van der Waals surface area contributed by atoms with Gasteiger partial charge in [-0.3, -0.25) is 14.6 Å². The van der Waals surface area contributed by atoms with Crippen LogP contribution in [0.2, 0.25) is 0 Å². The van der Waals surface area contributed by atoms with Crippen molar-refractivity contribution in [1.82, 2.24) is 9.88 Å². The molecule has 0 saturated carbocycles. The second kappa shape index (κ2) is 8.39. The van der Waals surface area contributed by atoms with Gasteiger partial charge >= 0.3 is 0 Å². The maximum absolute atomic E-state index is 13.5. The highest BCUT2D eigenvalue weighted by Crippen LogP contribution is 2.40. The van der Waals surface area contributed by atoms with Crippen LogP contribution in [0.25, 0.3) is 5.76 Å². The number of carbonyl (C=O) groups excluding carboxylic acids is 2. The number of aliphatic hydroxyl groups excluding tert-OH is 1. The van der Waals surface area contributed by atoms with Gasteiger partial charge in [0, 0.05) is 11.8 Å². The SMILES string of the molecule is COc1cccc(/C(O)=C2/C(=O)C(=O)N(Cc3ccccn3)C2c2ccc(F)cc2)c1. The van der Waals surface area contributed by atoms with E-state index < -0.39 is 23.5 Å². The minimum atomic E-state index is -0.895. The number of likely N-dealkylation sites (tertiary alicyclic amines) is 1. The number of nitrogens with zero attached hydrogens (tertiary/aromatic N) is 2. The molecule has 4 rings (SSSR count). The number of pyridine rings is 1. The van der Waals surface area contributed by atoms with Crippen LogP contribution >= 0.6 is 0 Å². The predicted octanol–water partition coefficient (Wildman–Crippen LogP) is 3.85. The number of benzene rings is 2. The predicted molar refractivity (Wildman–Crippen MR) is 111 cm³/mol. The van der Waals surface area contributed by atoms with Crippen molar-refractivity contribution >= 4 is 17.4 Å².